The number of hydrogen-bond acceptors (Lipinski definition) is 1. The van der Waals surface area contributed by atoms with Gasteiger partial charge in [0, 0.05) is 18.6 Å². The molecule has 2 aliphatic heterocycles. The highest BCUT2D eigenvalue weighted by atomic mass is 15.2. The van der Waals surface area contributed by atoms with Crippen LogP contribution in [0.3, 0.4) is 0 Å². The molecule has 0 radical (unpaired) electrons. The Kier molecular flexibility index (Phi) is 3.90. The molecule has 4 aliphatic carbocycles. The zero-order chi connectivity index (χ0) is 19.3. The first-order valence-electron chi connectivity index (χ1n) is 12.6. The molecule has 6 aliphatic rings. The topological polar surface area (TPSA) is 3.24 Å². The predicted octanol–water partition coefficient (Wildman–Crippen LogP) is 6.46. The van der Waals surface area contributed by atoms with Crippen molar-refractivity contribution in [1.82, 2.24) is 4.90 Å². The fourth-order valence-electron chi connectivity index (χ4n) is 10.0. The molecule has 6 rings (SSSR count). The van der Waals surface area contributed by atoms with Crippen LogP contribution >= 0.6 is 0 Å². The summed E-state index contributed by atoms with van der Waals surface area (Å²) < 4.78 is 0. The van der Waals surface area contributed by atoms with Gasteiger partial charge in [0.25, 0.3) is 0 Å². The van der Waals surface area contributed by atoms with E-state index in [1.54, 1.807) is 5.57 Å². The van der Waals surface area contributed by atoms with Crippen LogP contribution in [0, 0.1) is 46.3 Å². The molecule has 1 heteroatoms. The van der Waals surface area contributed by atoms with Crippen LogP contribution in [-0.2, 0) is 0 Å². The Hall–Kier alpha value is -0.560. The summed E-state index contributed by atoms with van der Waals surface area (Å²) in [5, 5.41) is 0. The van der Waals surface area contributed by atoms with Crippen molar-refractivity contribution in [3.8, 4) is 0 Å². The first kappa shape index (κ1) is 18.2. The highest BCUT2D eigenvalue weighted by Crippen LogP contribution is 2.69. The van der Waals surface area contributed by atoms with E-state index >= 15 is 0 Å². The van der Waals surface area contributed by atoms with E-state index in [1.807, 2.05) is 0 Å². The normalized spacial score (nSPS) is 57.6. The summed E-state index contributed by atoms with van der Waals surface area (Å²) >= 11 is 0. The van der Waals surface area contributed by atoms with Gasteiger partial charge in [-0.05, 0) is 103 Å². The Labute approximate surface area is 173 Å². The van der Waals surface area contributed by atoms with Crippen molar-refractivity contribution in [3.05, 3.63) is 23.8 Å². The Bertz CT molecular complexity index is 720. The second-order valence-corrected chi connectivity index (χ2v) is 12.3. The molecule has 4 fully saturated rings. The van der Waals surface area contributed by atoms with Gasteiger partial charge in [-0.25, -0.2) is 0 Å². The minimum absolute atomic E-state index is 0.477. The molecule has 2 saturated heterocycles. The Morgan fingerprint density at radius 2 is 1.86 bits per heavy atom. The molecule has 154 valence electrons. The molecular weight excluding hydrogens is 338 g/mol. The first-order chi connectivity index (χ1) is 13.4. The number of rotatable bonds is 0. The van der Waals surface area contributed by atoms with E-state index in [1.165, 1.54) is 57.9 Å². The van der Waals surface area contributed by atoms with Gasteiger partial charge in [0.1, 0.15) is 0 Å². The third-order valence-corrected chi connectivity index (χ3v) is 11.3. The largest absolute Gasteiger partial charge is 0.297 e. The Balaban J connectivity index is 1.35. The minimum atomic E-state index is 0.477. The maximum Gasteiger partial charge on any atom is 0.0138 e. The minimum Gasteiger partial charge on any atom is -0.297 e. The van der Waals surface area contributed by atoms with E-state index in [4.69, 9.17) is 0 Å². The maximum atomic E-state index is 3.04. The van der Waals surface area contributed by atoms with Crippen molar-refractivity contribution < 1.29 is 0 Å². The van der Waals surface area contributed by atoms with Gasteiger partial charge in [-0.3, -0.25) is 4.90 Å². The molecule has 2 saturated carbocycles. The van der Waals surface area contributed by atoms with Crippen molar-refractivity contribution in [2.75, 3.05) is 6.54 Å². The highest BCUT2D eigenvalue weighted by Gasteiger charge is 2.66. The molecule has 28 heavy (non-hydrogen) atoms. The lowest BCUT2D eigenvalue weighted by Gasteiger charge is -2.57. The summed E-state index contributed by atoms with van der Waals surface area (Å²) in [7, 11) is 0. The monoisotopic (exact) mass is 379 g/mol. The smallest absolute Gasteiger partial charge is 0.0138 e. The molecule has 10 atom stereocenters. The fourth-order valence-corrected chi connectivity index (χ4v) is 10.0. The van der Waals surface area contributed by atoms with Crippen LogP contribution in [0.15, 0.2) is 23.8 Å². The summed E-state index contributed by atoms with van der Waals surface area (Å²) in [5.41, 5.74) is 2.78. The average Bonchev–Trinajstić information content (AvgIpc) is 3.14. The lowest BCUT2D eigenvalue weighted by molar-refractivity contribution is -0.0452. The van der Waals surface area contributed by atoms with Crippen molar-refractivity contribution in [2.45, 2.75) is 91.1 Å². The van der Waals surface area contributed by atoms with Crippen molar-refractivity contribution in [3.63, 3.8) is 0 Å². The van der Waals surface area contributed by atoms with E-state index < -0.39 is 0 Å². The molecule has 0 aromatic heterocycles. The van der Waals surface area contributed by atoms with Gasteiger partial charge in [0.05, 0.1) is 0 Å². The quantitative estimate of drug-likeness (QED) is 0.467. The van der Waals surface area contributed by atoms with Gasteiger partial charge in [-0.1, -0.05) is 45.9 Å². The van der Waals surface area contributed by atoms with Gasteiger partial charge in [0.15, 0.2) is 0 Å². The SMILES string of the molecule is CC1CCC2C(C)C3C(CC4C5CC=C6C=CCC[C@@]6(C)C5CC[C@]43C)N2C1. The third kappa shape index (κ3) is 2.18. The third-order valence-electron chi connectivity index (χ3n) is 11.3. The zero-order valence-corrected chi connectivity index (χ0v) is 18.7. The van der Waals surface area contributed by atoms with Gasteiger partial charge in [-0.15, -0.1) is 0 Å². The lowest BCUT2D eigenvalue weighted by atomic mass is 9.47. The lowest BCUT2D eigenvalue weighted by Crippen LogP contribution is -2.50. The van der Waals surface area contributed by atoms with Gasteiger partial charge >= 0.3 is 0 Å². The number of fused-ring (bicyclic) bond motifs is 9. The van der Waals surface area contributed by atoms with Crippen LogP contribution in [0.25, 0.3) is 0 Å². The van der Waals surface area contributed by atoms with Crippen LogP contribution in [0.4, 0.5) is 0 Å². The van der Waals surface area contributed by atoms with Gasteiger partial charge in [0.2, 0.25) is 0 Å². The van der Waals surface area contributed by atoms with Gasteiger partial charge in [-0.2, -0.15) is 0 Å². The second-order valence-electron chi connectivity index (χ2n) is 12.3. The summed E-state index contributed by atoms with van der Waals surface area (Å²) in [6.07, 6.45) is 19.1. The summed E-state index contributed by atoms with van der Waals surface area (Å²) in [6, 6.07) is 1.81. The number of allylic oxidation sites excluding steroid dienone is 4. The van der Waals surface area contributed by atoms with E-state index in [0.29, 0.717) is 10.8 Å². The highest BCUT2D eigenvalue weighted by molar-refractivity contribution is 5.34. The van der Waals surface area contributed by atoms with Crippen molar-refractivity contribution in [1.29, 1.82) is 0 Å². The average molecular weight is 380 g/mol. The molecule has 1 nitrogen and oxygen atoms in total. The Morgan fingerprint density at radius 3 is 2.71 bits per heavy atom. The van der Waals surface area contributed by atoms with Gasteiger partial charge < -0.3 is 0 Å². The molecule has 2 heterocycles. The number of piperidine rings is 1. The number of nitrogens with zero attached hydrogens (tertiary/aromatic N) is 1. The van der Waals surface area contributed by atoms with E-state index in [-0.39, 0.29) is 0 Å². The van der Waals surface area contributed by atoms with Crippen molar-refractivity contribution >= 4 is 0 Å². The Morgan fingerprint density at radius 1 is 1.00 bits per heavy atom. The summed E-state index contributed by atoms with van der Waals surface area (Å²) in [6.45, 7) is 11.9. The molecule has 0 bridgehead atoms. The molecule has 0 aromatic rings. The first-order valence-corrected chi connectivity index (χ1v) is 12.6. The standard InChI is InChI=1S/C27H41N/c1-17-8-11-23-18(2)25-24(28(23)16-17)15-22-20-10-9-19-7-5-6-13-26(19,3)21(20)12-14-27(22,25)4/h5,7,9,17-18,20-25H,6,8,10-16H2,1-4H3/t17?,18?,20?,21?,22?,23?,24?,25?,26-,27-/m1/s1. The van der Waals surface area contributed by atoms with E-state index in [0.717, 1.165) is 47.6 Å². The van der Waals surface area contributed by atoms with Crippen molar-refractivity contribution in [2.24, 2.45) is 46.3 Å². The van der Waals surface area contributed by atoms with E-state index in [2.05, 4.69) is 50.8 Å². The summed E-state index contributed by atoms with van der Waals surface area (Å²) in [5.74, 6) is 5.68. The van der Waals surface area contributed by atoms with Crippen LogP contribution in [-0.4, -0.2) is 23.5 Å². The summed E-state index contributed by atoms with van der Waals surface area (Å²) in [4.78, 5) is 3.04. The second kappa shape index (κ2) is 5.99. The molecule has 0 amide bonds. The molecule has 0 N–H and O–H groups in total. The molecule has 8 unspecified atom stereocenters. The number of hydrogen-bond donors (Lipinski definition) is 0. The van der Waals surface area contributed by atoms with Crippen LogP contribution in [0.1, 0.15) is 79.1 Å². The molecule has 0 spiro atoms. The van der Waals surface area contributed by atoms with Crippen LogP contribution in [0.5, 0.6) is 0 Å². The zero-order valence-electron chi connectivity index (χ0n) is 18.7. The maximum absolute atomic E-state index is 3.04. The van der Waals surface area contributed by atoms with Crippen LogP contribution in [0.2, 0.25) is 0 Å². The predicted molar refractivity (Wildman–Crippen MR) is 117 cm³/mol. The van der Waals surface area contributed by atoms with E-state index in [9.17, 15) is 0 Å². The molecular formula is C27H41N. The fraction of sp³-hybridized carbons (Fsp3) is 0.852. The van der Waals surface area contributed by atoms with Crippen LogP contribution < -0.4 is 0 Å². The molecule has 0 aromatic carbocycles.